The molecule has 3 unspecified atom stereocenters. The summed E-state index contributed by atoms with van der Waals surface area (Å²) in [6.07, 6.45) is 0.184. The number of ether oxygens (including phenoxy) is 5. The van der Waals surface area contributed by atoms with Gasteiger partial charge in [0.15, 0.2) is 12.6 Å². The van der Waals surface area contributed by atoms with E-state index in [-0.39, 0.29) is 6.10 Å². The zero-order valence-corrected chi connectivity index (χ0v) is 21.5. The van der Waals surface area contributed by atoms with E-state index in [0.717, 1.165) is 49.0 Å². The van der Waals surface area contributed by atoms with E-state index in [4.69, 9.17) is 23.7 Å². The monoisotopic (exact) mass is 500 g/mol. The van der Waals surface area contributed by atoms with Crippen LogP contribution in [0.4, 0.5) is 0 Å². The highest BCUT2D eigenvalue weighted by Gasteiger charge is 2.51. The van der Waals surface area contributed by atoms with Gasteiger partial charge in [0, 0.05) is 11.1 Å². The summed E-state index contributed by atoms with van der Waals surface area (Å²) < 4.78 is 31.1. The lowest BCUT2D eigenvalue weighted by atomic mass is 9.93. The van der Waals surface area contributed by atoms with Gasteiger partial charge in [0.25, 0.3) is 0 Å². The fraction of sp³-hybridized carbons (Fsp3) is 0.586. The van der Waals surface area contributed by atoms with Gasteiger partial charge in [-0.1, -0.05) is 70.0 Å². The summed E-state index contributed by atoms with van der Waals surface area (Å²) in [4.78, 5) is 0. The molecule has 7 nitrogen and oxygen atoms in total. The molecule has 0 aliphatic carbocycles. The number of fused-ring (bicyclic) bond motifs is 1. The standard InChI is InChI=1S/C29H40O7/c1-4-7-19-9-11-20(12-10-19)28-33-24(8-5-2)26-27(36-28)25(23(31)18-30)34-29(35-26)21-13-15-22(16-14-21)32-17-6-3/h9-16,23-31H,4-8,17-18H2,1-3H3/t23-,24?,25-,26+,27+,28?,29?/m1/s1. The molecule has 0 radical (unpaired) electrons. The number of rotatable bonds is 11. The highest BCUT2D eigenvalue weighted by atomic mass is 16.8. The lowest BCUT2D eigenvalue weighted by Crippen LogP contribution is -2.61. The molecule has 2 aliphatic heterocycles. The lowest BCUT2D eigenvalue weighted by Gasteiger charge is -2.50. The third-order valence-corrected chi connectivity index (χ3v) is 6.71. The number of benzene rings is 2. The van der Waals surface area contributed by atoms with Gasteiger partial charge in [0.05, 0.1) is 19.3 Å². The number of aliphatic hydroxyl groups excluding tert-OH is 2. The van der Waals surface area contributed by atoms with E-state index in [9.17, 15) is 10.2 Å². The Labute approximate surface area is 214 Å². The van der Waals surface area contributed by atoms with Crippen LogP contribution in [-0.2, 0) is 25.4 Å². The summed E-state index contributed by atoms with van der Waals surface area (Å²) in [5.74, 6) is 0.780. The molecule has 198 valence electrons. The van der Waals surface area contributed by atoms with Crippen LogP contribution in [0, 0.1) is 0 Å². The van der Waals surface area contributed by atoms with Crippen molar-refractivity contribution in [1.29, 1.82) is 0 Å². The van der Waals surface area contributed by atoms with E-state index < -0.39 is 43.6 Å². The molecule has 7 atom stereocenters. The summed E-state index contributed by atoms with van der Waals surface area (Å²) in [6.45, 7) is 6.54. The van der Waals surface area contributed by atoms with Crippen LogP contribution in [-0.4, -0.2) is 53.9 Å². The van der Waals surface area contributed by atoms with E-state index >= 15 is 0 Å². The number of aryl methyl sites for hydroxylation is 1. The first-order chi connectivity index (χ1) is 17.6. The van der Waals surface area contributed by atoms with Crippen LogP contribution in [0.3, 0.4) is 0 Å². The molecular weight excluding hydrogens is 460 g/mol. The van der Waals surface area contributed by atoms with Crippen molar-refractivity contribution < 1.29 is 33.9 Å². The molecule has 0 aromatic heterocycles. The Bertz CT molecular complexity index is 916. The second-order valence-corrected chi connectivity index (χ2v) is 9.59. The topological polar surface area (TPSA) is 86.6 Å². The van der Waals surface area contributed by atoms with Crippen molar-refractivity contribution in [2.45, 2.75) is 96.0 Å². The SMILES string of the molecule is CCCOc1ccc(C2O[C@H]([C@H](O)CO)[C@@H]3OC(c4ccc(CCC)cc4)OC(CCC)[C@@H]3O2)cc1. The largest absolute Gasteiger partial charge is 0.494 e. The fourth-order valence-electron chi connectivity index (χ4n) is 4.84. The number of hydrogen-bond acceptors (Lipinski definition) is 7. The molecule has 2 aromatic rings. The summed E-state index contributed by atoms with van der Waals surface area (Å²) in [5, 5.41) is 20.5. The van der Waals surface area contributed by atoms with Crippen LogP contribution in [0.5, 0.6) is 5.75 Å². The quantitative estimate of drug-likeness (QED) is 0.456. The van der Waals surface area contributed by atoms with E-state index in [1.165, 1.54) is 5.56 Å². The Morgan fingerprint density at radius 2 is 1.42 bits per heavy atom. The van der Waals surface area contributed by atoms with Crippen LogP contribution >= 0.6 is 0 Å². The van der Waals surface area contributed by atoms with Crippen molar-refractivity contribution in [3.63, 3.8) is 0 Å². The maximum Gasteiger partial charge on any atom is 0.184 e. The molecule has 36 heavy (non-hydrogen) atoms. The van der Waals surface area contributed by atoms with Crippen molar-refractivity contribution in [1.82, 2.24) is 0 Å². The molecule has 2 aliphatic rings. The number of aliphatic hydroxyl groups is 2. The van der Waals surface area contributed by atoms with Crippen molar-refractivity contribution in [3.05, 3.63) is 65.2 Å². The van der Waals surface area contributed by atoms with Crippen molar-refractivity contribution in [2.75, 3.05) is 13.2 Å². The molecule has 2 aromatic carbocycles. The van der Waals surface area contributed by atoms with Gasteiger partial charge >= 0.3 is 0 Å². The first-order valence-electron chi connectivity index (χ1n) is 13.3. The first-order valence-corrected chi connectivity index (χ1v) is 13.3. The Balaban J connectivity index is 1.57. The highest BCUT2D eigenvalue weighted by Crippen LogP contribution is 2.42. The zero-order chi connectivity index (χ0) is 25.5. The second kappa shape index (κ2) is 13.0. The predicted molar refractivity (Wildman–Crippen MR) is 136 cm³/mol. The zero-order valence-electron chi connectivity index (χ0n) is 21.5. The van der Waals surface area contributed by atoms with Gasteiger partial charge in [-0.15, -0.1) is 0 Å². The van der Waals surface area contributed by atoms with Crippen LogP contribution in [0.25, 0.3) is 0 Å². The van der Waals surface area contributed by atoms with Gasteiger partial charge in [0.1, 0.15) is 30.2 Å². The van der Waals surface area contributed by atoms with Crippen LogP contribution < -0.4 is 4.74 Å². The average Bonchev–Trinajstić information content (AvgIpc) is 2.92. The molecule has 7 heteroatoms. The van der Waals surface area contributed by atoms with Gasteiger partial charge in [-0.05, 0) is 37.0 Å². The minimum absolute atomic E-state index is 0.249. The lowest BCUT2D eigenvalue weighted by molar-refractivity contribution is -0.391. The molecule has 2 N–H and O–H groups in total. The van der Waals surface area contributed by atoms with Crippen LogP contribution in [0.1, 0.15) is 75.7 Å². The molecule has 0 bridgehead atoms. The highest BCUT2D eigenvalue weighted by molar-refractivity contribution is 5.28. The number of hydrogen-bond donors (Lipinski definition) is 2. The third-order valence-electron chi connectivity index (χ3n) is 6.71. The molecule has 0 saturated carbocycles. The Kier molecular flexibility index (Phi) is 9.76. The minimum atomic E-state index is -1.12. The Morgan fingerprint density at radius 3 is 2.03 bits per heavy atom. The second-order valence-electron chi connectivity index (χ2n) is 9.59. The first kappa shape index (κ1) is 27.0. The predicted octanol–water partition coefficient (Wildman–Crippen LogP) is 4.85. The molecule has 2 fully saturated rings. The molecule has 0 amide bonds. The smallest absolute Gasteiger partial charge is 0.184 e. The van der Waals surface area contributed by atoms with E-state index in [1.54, 1.807) is 0 Å². The molecule has 2 heterocycles. The van der Waals surface area contributed by atoms with Crippen LogP contribution in [0.15, 0.2) is 48.5 Å². The summed E-state index contributed by atoms with van der Waals surface area (Å²) in [5.41, 5.74) is 2.99. The molecule has 4 rings (SSSR count). The molecular formula is C29H40O7. The van der Waals surface area contributed by atoms with E-state index in [0.29, 0.717) is 6.61 Å². The van der Waals surface area contributed by atoms with Crippen LogP contribution in [0.2, 0.25) is 0 Å². The minimum Gasteiger partial charge on any atom is -0.494 e. The normalized spacial score (nSPS) is 28.9. The van der Waals surface area contributed by atoms with Gasteiger partial charge in [-0.3, -0.25) is 0 Å². The fourth-order valence-corrected chi connectivity index (χ4v) is 4.84. The Hall–Kier alpha value is -2.00. The van der Waals surface area contributed by atoms with Gasteiger partial charge in [-0.2, -0.15) is 0 Å². The maximum absolute atomic E-state index is 10.7. The van der Waals surface area contributed by atoms with Crippen molar-refractivity contribution >= 4 is 0 Å². The molecule has 2 saturated heterocycles. The third kappa shape index (κ3) is 6.28. The van der Waals surface area contributed by atoms with E-state index in [1.807, 2.05) is 36.4 Å². The van der Waals surface area contributed by atoms with Gasteiger partial charge in [-0.25, -0.2) is 0 Å². The summed E-state index contributed by atoms with van der Waals surface area (Å²) in [6, 6.07) is 15.8. The molecule has 0 spiro atoms. The van der Waals surface area contributed by atoms with Gasteiger partial charge < -0.3 is 33.9 Å². The summed E-state index contributed by atoms with van der Waals surface area (Å²) >= 11 is 0. The Morgan fingerprint density at radius 1 is 0.778 bits per heavy atom. The van der Waals surface area contributed by atoms with E-state index in [2.05, 4.69) is 32.9 Å². The van der Waals surface area contributed by atoms with Crippen molar-refractivity contribution in [2.24, 2.45) is 0 Å². The van der Waals surface area contributed by atoms with Gasteiger partial charge in [0.2, 0.25) is 0 Å². The van der Waals surface area contributed by atoms with Crippen molar-refractivity contribution in [3.8, 4) is 5.75 Å². The maximum atomic E-state index is 10.7. The average molecular weight is 501 g/mol. The summed E-state index contributed by atoms with van der Waals surface area (Å²) in [7, 11) is 0.